The van der Waals surface area contributed by atoms with Crippen LogP contribution in [-0.2, 0) is 11.8 Å². The van der Waals surface area contributed by atoms with Gasteiger partial charge in [-0.2, -0.15) is 0 Å². The highest BCUT2D eigenvalue weighted by atomic mass is 35.5. The zero-order valence-electron chi connectivity index (χ0n) is 47.5. The minimum Gasteiger partial charge on any atom is -0.457 e. The van der Waals surface area contributed by atoms with Crippen LogP contribution in [0.4, 0.5) is 0 Å². The van der Waals surface area contributed by atoms with Crippen molar-refractivity contribution in [3.05, 3.63) is 346 Å². The molecule has 3 aromatic heterocycles. The highest BCUT2D eigenvalue weighted by molar-refractivity contribution is 7.26. The molecule has 2 aliphatic rings. The zero-order chi connectivity index (χ0) is 58.0. The van der Waals surface area contributed by atoms with Crippen LogP contribution in [0.2, 0.25) is 5.02 Å². The molecule has 0 amide bonds. The van der Waals surface area contributed by atoms with Crippen LogP contribution in [0.1, 0.15) is 61.6 Å². The number of benzene rings is 13. The monoisotopic (exact) mass is 1160 g/mol. The van der Waals surface area contributed by atoms with E-state index in [4.69, 9.17) is 25.2 Å². The average Bonchev–Trinajstić information content (AvgIpc) is 1.66. The predicted molar refractivity (Wildman–Crippen MR) is 365 cm³/mol. The van der Waals surface area contributed by atoms with Crippen molar-refractivity contribution in [3.63, 3.8) is 0 Å². The third-order valence-electron chi connectivity index (χ3n) is 18.6. The van der Waals surface area contributed by atoms with E-state index in [0.29, 0.717) is 5.02 Å². The molecule has 4 heterocycles. The molecule has 2 atom stereocenters. The van der Waals surface area contributed by atoms with Crippen LogP contribution in [0, 0.1) is 0 Å². The molecule has 2 unspecified atom stereocenters. The third kappa shape index (κ3) is 7.82. The summed E-state index contributed by atoms with van der Waals surface area (Å²) in [7, 11) is 0. The van der Waals surface area contributed by atoms with E-state index in [2.05, 4.69) is 279 Å². The topological polar surface area (TPSA) is 35.5 Å². The lowest BCUT2D eigenvalue weighted by molar-refractivity contribution is 0.436. The van der Waals surface area contributed by atoms with Gasteiger partial charge in [0.2, 0.25) is 0 Å². The fourth-order valence-corrected chi connectivity index (χ4v) is 16.2. The second-order valence-electron chi connectivity index (χ2n) is 23.4. The molecule has 0 saturated heterocycles. The number of halogens is 1. The van der Waals surface area contributed by atoms with Crippen LogP contribution >= 0.6 is 22.9 Å². The summed E-state index contributed by atoms with van der Waals surface area (Å²) in [5, 5.41) is 7.51. The fourth-order valence-electron chi connectivity index (χ4n) is 14.8. The quantitative estimate of drug-likeness (QED) is 0.135. The van der Waals surface area contributed by atoms with Crippen LogP contribution < -0.4 is 4.74 Å². The van der Waals surface area contributed by atoms with Gasteiger partial charge in [-0.05, 0) is 146 Å². The van der Waals surface area contributed by atoms with E-state index in [1.54, 1.807) is 0 Å². The first-order chi connectivity index (χ1) is 43.5. The molecule has 1 aliphatic heterocycles. The largest absolute Gasteiger partial charge is 0.457 e. The Morgan fingerprint density at radius 1 is 0.432 bits per heavy atom. The summed E-state index contributed by atoms with van der Waals surface area (Å²) < 4.78 is 23.1. The molecule has 5 heteroatoms. The molecule has 0 bridgehead atoms. The van der Waals surface area contributed by atoms with Gasteiger partial charge < -0.3 is 13.6 Å². The van der Waals surface area contributed by atoms with Crippen molar-refractivity contribution in [2.24, 2.45) is 0 Å². The molecule has 0 radical (unpaired) electrons. The minimum absolute atomic E-state index is 0.110. The molecule has 3 nitrogen and oxygen atoms in total. The summed E-state index contributed by atoms with van der Waals surface area (Å²) in [5.41, 5.74) is 22.3. The van der Waals surface area contributed by atoms with Crippen LogP contribution in [0.25, 0.3) is 109 Å². The van der Waals surface area contributed by atoms with Crippen LogP contribution in [0.15, 0.2) is 294 Å². The molecular formula is C83H51ClO3S. The van der Waals surface area contributed by atoms with Gasteiger partial charge >= 0.3 is 0 Å². The lowest BCUT2D eigenvalue weighted by Gasteiger charge is -2.39. The van der Waals surface area contributed by atoms with Crippen molar-refractivity contribution < 1.29 is 13.6 Å². The predicted octanol–water partition coefficient (Wildman–Crippen LogP) is 23.3. The second-order valence-corrected chi connectivity index (χ2v) is 24.9. The first-order valence-corrected chi connectivity index (χ1v) is 31.2. The lowest BCUT2D eigenvalue weighted by atomic mass is 9.66. The molecule has 18 rings (SSSR count). The van der Waals surface area contributed by atoms with E-state index < -0.39 is 5.41 Å². The van der Waals surface area contributed by atoms with Crippen LogP contribution in [0.3, 0.4) is 0 Å². The van der Waals surface area contributed by atoms with E-state index >= 15 is 0 Å². The van der Waals surface area contributed by atoms with Crippen molar-refractivity contribution in [2.75, 3.05) is 0 Å². The van der Waals surface area contributed by atoms with Gasteiger partial charge in [-0.15, -0.1) is 11.3 Å². The summed E-state index contributed by atoms with van der Waals surface area (Å²) in [5.74, 6) is 1.45. The van der Waals surface area contributed by atoms with E-state index in [1.807, 2.05) is 23.5 Å². The highest BCUT2D eigenvalue weighted by Crippen LogP contribution is 2.64. The summed E-state index contributed by atoms with van der Waals surface area (Å²) in [6, 6.07) is 104. The number of para-hydroxylation sites is 4. The fraction of sp³-hybridized carbons (Fsp3) is 0.0361. The van der Waals surface area contributed by atoms with Gasteiger partial charge in [0.15, 0.2) is 0 Å². The Labute approximate surface area is 517 Å². The number of hydrogen-bond acceptors (Lipinski definition) is 4. The van der Waals surface area contributed by atoms with Gasteiger partial charge in [0.1, 0.15) is 33.8 Å². The zero-order valence-corrected chi connectivity index (χ0v) is 49.1. The molecular weight excluding hydrogens is 1110 g/mol. The Bertz CT molecular complexity index is 5540. The maximum Gasteiger partial charge on any atom is 0.143 e. The van der Waals surface area contributed by atoms with Crippen molar-refractivity contribution in [2.45, 2.75) is 17.8 Å². The standard InChI is InChI=1S/C83H51ClO3S/c84-56-39-41-72-77(49-56)85-76-36-16-13-32-71(76)83(72)70-40-38-51(43-63(52-22-6-2-7-23-52)54-47-67-59-28-12-17-37-78(59)88-82(67)68(48-54)62-31-18-30-61-57-26-10-14-34-74(57)86-80(61)62)44-69(70)79-60(29-19-33-73(79)83)64(42-50-20-4-1-5-21-50)55-45-65(53-24-8-3-9-25-53)81-66(46-55)58-27-11-15-35-75(58)87-81/h1-41,43-49,64H,42H2/b63-43+. The van der Waals surface area contributed by atoms with Crippen molar-refractivity contribution in [1.29, 1.82) is 0 Å². The summed E-state index contributed by atoms with van der Waals surface area (Å²) in [6.45, 7) is 0. The first kappa shape index (κ1) is 50.8. The molecule has 1 aliphatic carbocycles. The lowest BCUT2D eigenvalue weighted by Crippen LogP contribution is -2.32. The van der Waals surface area contributed by atoms with Crippen LogP contribution in [0.5, 0.6) is 11.5 Å². The van der Waals surface area contributed by atoms with E-state index in [1.165, 1.54) is 59.1 Å². The van der Waals surface area contributed by atoms with Gasteiger partial charge in [0, 0.05) is 80.5 Å². The summed E-state index contributed by atoms with van der Waals surface area (Å²) in [4.78, 5) is 0. The molecule has 414 valence electrons. The van der Waals surface area contributed by atoms with Gasteiger partial charge in [0.25, 0.3) is 0 Å². The Balaban J connectivity index is 0.914. The Kier molecular flexibility index (Phi) is 11.6. The maximum atomic E-state index is 6.95. The number of furan rings is 2. The summed E-state index contributed by atoms with van der Waals surface area (Å²) in [6.07, 6.45) is 3.17. The van der Waals surface area contributed by atoms with Gasteiger partial charge in [-0.1, -0.05) is 230 Å². The Morgan fingerprint density at radius 2 is 1.08 bits per heavy atom. The van der Waals surface area contributed by atoms with Gasteiger partial charge in [-0.3, -0.25) is 0 Å². The van der Waals surface area contributed by atoms with Crippen molar-refractivity contribution >= 4 is 98.6 Å². The normalized spacial score (nSPS) is 14.6. The molecule has 0 saturated carbocycles. The van der Waals surface area contributed by atoms with Crippen LogP contribution in [-0.4, -0.2) is 0 Å². The first-order valence-electron chi connectivity index (χ1n) is 30.1. The number of rotatable bonds is 9. The molecule has 0 N–H and O–H groups in total. The van der Waals surface area contributed by atoms with E-state index in [-0.39, 0.29) is 5.92 Å². The van der Waals surface area contributed by atoms with Crippen molar-refractivity contribution in [3.8, 4) is 44.9 Å². The van der Waals surface area contributed by atoms with Gasteiger partial charge in [-0.25, -0.2) is 0 Å². The Hall–Kier alpha value is -10.5. The average molecular weight is 1160 g/mol. The number of thiophene rings is 1. The highest BCUT2D eigenvalue weighted by Gasteiger charge is 2.52. The number of hydrogen-bond donors (Lipinski definition) is 0. The number of ether oxygens (including phenoxy) is 1. The summed E-state index contributed by atoms with van der Waals surface area (Å²) >= 11 is 8.80. The molecule has 13 aromatic carbocycles. The molecule has 88 heavy (non-hydrogen) atoms. The SMILES string of the molecule is Clc1ccc2c(c1)Oc1ccccc1C21c2ccc(/C=C(\c3ccccc3)c3cc(-c4cccc5c4oc4ccccc45)c4sc5ccccc5c4c3)cc2-c2c(C(Cc3ccccc3)c3cc(-c4ccccc4)c4oc5ccccc5c4c3)cccc21. The Morgan fingerprint density at radius 3 is 1.90 bits per heavy atom. The third-order valence-corrected chi connectivity index (χ3v) is 20.1. The molecule has 16 aromatic rings. The maximum absolute atomic E-state index is 6.95. The van der Waals surface area contributed by atoms with Gasteiger partial charge in [0.05, 0.1) is 5.41 Å². The van der Waals surface area contributed by atoms with E-state index in [0.717, 1.165) is 117 Å². The smallest absolute Gasteiger partial charge is 0.143 e. The number of fused-ring (bicyclic) bond motifs is 18. The second kappa shape index (κ2) is 20.0. The van der Waals surface area contributed by atoms with E-state index in [9.17, 15) is 0 Å². The molecule has 0 fully saturated rings. The van der Waals surface area contributed by atoms with Crippen molar-refractivity contribution in [1.82, 2.24) is 0 Å². The molecule has 1 spiro atoms. The minimum atomic E-state index is -0.769.